The van der Waals surface area contributed by atoms with E-state index >= 15 is 0 Å². The number of nitrogens with two attached hydrogens (primary N) is 1. The van der Waals surface area contributed by atoms with Crippen LogP contribution in [0.25, 0.3) is 0 Å². The summed E-state index contributed by atoms with van der Waals surface area (Å²) in [5.74, 6) is -0.688. The number of carbonyl (C=O) groups is 2. The molecule has 7 heteroatoms. The van der Waals surface area contributed by atoms with Crippen molar-refractivity contribution in [1.82, 2.24) is 15.1 Å². The van der Waals surface area contributed by atoms with Crippen molar-refractivity contribution < 1.29 is 14.3 Å². The van der Waals surface area contributed by atoms with E-state index in [1.807, 2.05) is 20.8 Å². The SMILES string of the molecule is CCCN(CC(=O)OC)C(=O)c1n[nH]c(C(C)C)c1N. The van der Waals surface area contributed by atoms with E-state index in [4.69, 9.17) is 5.73 Å². The van der Waals surface area contributed by atoms with Crippen LogP contribution in [0.1, 0.15) is 49.3 Å². The molecule has 112 valence electrons. The smallest absolute Gasteiger partial charge is 0.325 e. The quantitative estimate of drug-likeness (QED) is 0.762. The number of nitrogens with one attached hydrogen (secondary N) is 1. The summed E-state index contributed by atoms with van der Waals surface area (Å²) in [4.78, 5) is 25.1. The highest BCUT2D eigenvalue weighted by atomic mass is 16.5. The largest absolute Gasteiger partial charge is 0.468 e. The van der Waals surface area contributed by atoms with Crippen LogP contribution < -0.4 is 5.73 Å². The normalized spacial score (nSPS) is 10.7. The van der Waals surface area contributed by atoms with Gasteiger partial charge < -0.3 is 15.4 Å². The van der Waals surface area contributed by atoms with Gasteiger partial charge in [-0.2, -0.15) is 5.10 Å². The molecule has 0 aliphatic rings. The molecule has 1 rings (SSSR count). The van der Waals surface area contributed by atoms with Crippen LogP contribution in [0.3, 0.4) is 0 Å². The standard InChI is InChI=1S/C13H22N4O3/c1-5-6-17(7-9(18)20-4)13(19)12-10(14)11(8(2)3)15-16-12/h8H,5-7,14H2,1-4H3,(H,15,16). The van der Waals surface area contributed by atoms with Crippen LogP contribution in [0, 0.1) is 0 Å². The number of amides is 1. The molecule has 20 heavy (non-hydrogen) atoms. The third-order valence-electron chi connectivity index (χ3n) is 2.94. The third kappa shape index (κ3) is 3.49. The lowest BCUT2D eigenvalue weighted by molar-refractivity contribution is -0.141. The molecule has 0 bridgehead atoms. The van der Waals surface area contributed by atoms with Crippen LogP contribution >= 0.6 is 0 Å². The number of ether oxygens (including phenoxy) is 1. The first kappa shape index (κ1) is 16.0. The summed E-state index contributed by atoms with van der Waals surface area (Å²) in [5.41, 5.74) is 7.17. The summed E-state index contributed by atoms with van der Waals surface area (Å²) in [6.45, 7) is 6.17. The third-order valence-corrected chi connectivity index (χ3v) is 2.94. The van der Waals surface area contributed by atoms with Crippen molar-refractivity contribution >= 4 is 17.6 Å². The van der Waals surface area contributed by atoms with E-state index in [2.05, 4.69) is 14.9 Å². The molecule has 0 radical (unpaired) electrons. The second kappa shape index (κ2) is 6.93. The number of aromatic amines is 1. The summed E-state index contributed by atoms with van der Waals surface area (Å²) in [7, 11) is 1.29. The number of aromatic nitrogens is 2. The van der Waals surface area contributed by atoms with Gasteiger partial charge in [-0.25, -0.2) is 0 Å². The molecule has 0 aliphatic heterocycles. The topological polar surface area (TPSA) is 101 Å². The number of hydrogen-bond donors (Lipinski definition) is 2. The molecule has 0 unspecified atom stereocenters. The Kier molecular flexibility index (Phi) is 5.54. The van der Waals surface area contributed by atoms with Crippen LogP contribution in [0.4, 0.5) is 5.69 Å². The Morgan fingerprint density at radius 3 is 2.55 bits per heavy atom. The Balaban J connectivity index is 2.97. The maximum Gasteiger partial charge on any atom is 0.325 e. The lowest BCUT2D eigenvalue weighted by Crippen LogP contribution is -2.37. The number of esters is 1. The minimum absolute atomic E-state index is 0.105. The highest BCUT2D eigenvalue weighted by molar-refractivity contribution is 5.99. The van der Waals surface area contributed by atoms with Crippen LogP contribution in [0.15, 0.2) is 0 Å². The molecule has 3 N–H and O–H groups in total. The maximum absolute atomic E-state index is 12.4. The molecule has 0 atom stereocenters. The van der Waals surface area contributed by atoms with Gasteiger partial charge in [0.2, 0.25) is 0 Å². The summed E-state index contributed by atoms with van der Waals surface area (Å²) in [5, 5.41) is 6.76. The monoisotopic (exact) mass is 282 g/mol. The molecule has 0 saturated carbocycles. The zero-order chi connectivity index (χ0) is 15.3. The summed E-state index contributed by atoms with van der Waals surface area (Å²) >= 11 is 0. The average molecular weight is 282 g/mol. The van der Waals surface area contributed by atoms with Crippen molar-refractivity contribution in [2.45, 2.75) is 33.1 Å². The van der Waals surface area contributed by atoms with Gasteiger partial charge in [-0.15, -0.1) is 0 Å². The van der Waals surface area contributed by atoms with Gasteiger partial charge in [0.1, 0.15) is 6.54 Å². The molecule has 0 aliphatic carbocycles. The Morgan fingerprint density at radius 2 is 2.10 bits per heavy atom. The van der Waals surface area contributed by atoms with E-state index in [-0.39, 0.29) is 24.1 Å². The first-order valence-corrected chi connectivity index (χ1v) is 6.62. The molecule has 0 aromatic carbocycles. The Hall–Kier alpha value is -2.05. The van der Waals surface area contributed by atoms with E-state index < -0.39 is 5.97 Å². The molecule has 1 aromatic heterocycles. The fraction of sp³-hybridized carbons (Fsp3) is 0.615. The van der Waals surface area contributed by atoms with Gasteiger partial charge in [-0.05, 0) is 12.3 Å². The van der Waals surface area contributed by atoms with Crippen LogP contribution in [-0.2, 0) is 9.53 Å². The van der Waals surface area contributed by atoms with Gasteiger partial charge in [-0.1, -0.05) is 20.8 Å². The minimum Gasteiger partial charge on any atom is -0.468 e. The van der Waals surface area contributed by atoms with E-state index in [0.29, 0.717) is 12.2 Å². The van der Waals surface area contributed by atoms with Gasteiger partial charge in [0.05, 0.1) is 18.5 Å². The van der Waals surface area contributed by atoms with E-state index in [1.165, 1.54) is 12.0 Å². The zero-order valence-corrected chi connectivity index (χ0v) is 12.4. The van der Waals surface area contributed by atoms with Gasteiger partial charge in [0.25, 0.3) is 5.91 Å². The van der Waals surface area contributed by atoms with Gasteiger partial charge in [0.15, 0.2) is 5.69 Å². The highest BCUT2D eigenvalue weighted by Crippen LogP contribution is 2.23. The summed E-state index contributed by atoms with van der Waals surface area (Å²) < 4.78 is 4.59. The molecule has 0 saturated heterocycles. The maximum atomic E-state index is 12.4. The van der Waals surface area contributed by atoms with Crippen LogP contribution in [0.2, 0.25) is 0 Å². The second-order valence-electron chi connectivity index (χ2n) is 4.86. The van der Waals surface area contributed by atoms with E-state index in [0.717, 1.165) is 12.1 Å². The van der Waals surface area contributed by atoms with Gasteiger partial charge >= 0.3 is 5.97 Å². The van der Waals surface area contributed by atoms with Crippen LogP contribution in [0.5, 0.6) is 0 Å². The molecule has 1 aromatic rings. The summed E-state index contributed by atoms with van der Waals surface area (Å²) in [6.07, 6.45) is 0.726. The van der Waals surface area contributed by atoms with Crippen LogP contribution in [-0.4, -0.2) is 47.2 Å². The predicted molar refractivity (Wildman–Crippen MR) is 75.3 cm³/mol. The molecule has 1 heterocycles. The van der Waals surface area contributed by atoms with Gasteiger partial charge in [0, 0.05) is 6.54 Å². The molecule has 0 fully saturated rings. The fourth-order valence-electron chi connectivity index (χ4n) is 1.86. The number of hydrogen-bond acceptors (Lipinski definition) is 5. The van der Waals surface area contributed by atoms with E-state index in [9.17, 15) is 9.59 Å². The zero-order valence-electron chi connectivity index (χ0n) is 12.4. The van der Waals surface area contributed by atoms with Crippen molar-refractivity contribution in [3.8, 4) is 0 Å². The Bertz CT molecular complexity index is 482. The Morgan fingerprint density at radius 1 is 1.45 bits per heavy atom. The number of H-pyrrole nitrogens is 1. The van der Waals surface area contributed by atoms with Crippen molar-refractivity contribution in [1.29, 1.82) is 0 Å². The first-order chi connectivity index (χ1) is 9.42. The van der Waals surface area contributed by atoms with Crippen molar-refractivity contribution in [2.24, 2.45) is 0 Å². The molecular weight excluding hydrogens is 260 g/mol. The number of carbonyl (C=O) groups excluding carboxylic acids is 2. The Labute approximate surface area is 118 Å². The molecule has 7 nitrogen and oxygen atoms in total. The number of nitrogen functional groups attached to an aromatic ring is 1. The molecule has 1 amide bonds. The van der Waals surface area contributed by atoms with Crippen molar-refractivity contribution in [3.63, 3.8) is 0 Å². The number of nitrogens with zero attached hydrogens (tertiary/aromatic N) is 2. The number of rotatable bonds is 6. The number of methoxy groups -OCH3 is 1. The summed E-state index contributed by atoms with van der Waals surface area (Å²) in [6, 6.07) is 0. The van der Waals surface area contributed by atoms with Gasteiger partial charge in [-0.3, -0.25) is 14.7 Å². The first-order valence-electron chi connectivity index (χ1n) is 6.62. The lowest BCUT2D eigenvalue weighted by Gasteiger charge is -2.19. The van der Waals surface area contributed by atoms with E-state index in [1.54, 1.807) is 0 Å². The average Bonchev–Trinajstić information content (AvgIpc) is 2.79. The second-order valence-corrected chi connectivity index (χ2v) is 4.86. The minimum atomic E-state index is -0.468. The highest BCUT2D eigenvalue weighted by Gasteiger charge is 2.25. The number of anilines is 1. The fourth-order valence-corrected chi connectivity index (χ4v) is 1.86. The molecule has 0 spiro atoms. The van der Waals surface area contributed by atoms with Crippen molar-refractivity contribution in [3.05, 3.63) is 11.4 Å². The lowest BCUT2D eigenvalue weighted by atomic mass is 10.1. The molecular formula is C13H22N4O3. The predicted octanol–water partition coefficient (Wildman–Crippen LogP) is 1.14. The van der Waals surface area contributed by atoms with Crippen molar-refractivity contribution in [2.75, 3.05) is 25.9 Å².